The molecule has 1 rings (SSSR count). The molecule has 0 spiro atoms. The molecule has 0 unspecified atom stereocenters. The second-order valence-electron chi connectivity index (χ2n) is 7.64. The number of hydrogen-bond acceptors (Lipinski definition) is 2. The molecule has 0 aliphatic heterocycles. The molecule has 0 aromatic carbocycles. The summed E-state index contributed by atoms with van der Waals surface area (Å²) in [4.78, 5) is 4.36. The first-order valence-electron chi connectivity index (χ1n) is 8.90. The second kappa shape index (κ2) is 9.39. The molecule has 0 amide bonds. The number of aliphatic imine (C=N–C) groups is 1. The molecule has 1 aliphatic carbocycles. The van der Waals surface area contributed by atoms with E-state index in [4.69, 9.17) is 4.74 Å². The van der Waals surface area contributed by atoms with Gasteiger partial charge < -0.3 is 15.4 Å². The molecule has 130 valence electrons. The fourth-order valence-electron chi connectivity index (χ4n) is 2.77. The average molecular weight is 312 g/mol. The molecule has 0 saturated heterocycles. The van der Waals surface area contributed by atoms with Crippen molar-refractivity contribution < 1.29 is 4.74 Å². The van der Waals surface area contributed by atoms with Crippen LogP contribution in [0, 0.1) is 10.8 Å². The highest BCUT2D eigenvalue weighted by Crippen LogP contribution is 2.48. The van der Waals surface area contributed by atoms with Crippen LogP contribution < -0.4 is 10.6 Å². The molecular weight excluding hydrogens is 274 g/mol. The normalized spacial score (nSPS) is 17.4. The van der Waals surface area contributed by atoms with Gasteiger partial charge >= 0.3 is 0 Å². The zero-order chi connectivity index (χ0) is 16.5. The van der Waals surface area contributed by atoms with Crippen LogP contribution in [0.3, 0.4) is 0 Å². The Hall–Kier alpha value is -0.770. The van der Waals surface area contributed by atoms with Crippen molar-refractivity contribution in [3.63, 3.8) is 0 Å². The lowest BCUT2D eigenvalue weighted by Crippen LogP contribution is -2.44. The molecule has 1 fully saturated rings. The molecular formula is C18H37N3O. The molecule has 2 N–H and O–H groups in total. The van der Waals surface area contributed by atoms with E-state index in [1.54, 1.807) is 7.11 Å². The minimum Gasteiger partial charge on any atom is -0.385 e. The van der Waals surface area contributed by atoms with Crippen LogP contribution in [-0.4, -0.2) is 39.8 Å². The summed E-state index contributed by atoms with van der Waals surface area (Å²) in [6.07, 6.45) is 8.97. The number of ether oxygens (including phenoxy) is 1. The van der Waals surface area contributed by atoms with Crippen molar-refractivity contribution in [2.24, 2.45) is 15.8 Å². The molecule has 1 aliphatic rings. The van der Waals surface area contributed by atoms with Gasteiger partial charge in [-0.1, -0.05) is 40.0 Å². The number of nitrogens with one attached hydrogen (secondary N) is 2. The van der Waals surface area contributed by atoms with E-state index < -0.39 is 0 Å². The van der Waals surface area contributed by atoms with E-state index in [0.29, 0.717) is 10.8 Å². The first-order chi connectivity index (χ1) is 10.5. The van der Waals surface area contributed by atoms with Crippen molar-refractivity contribution in [2.45, 2.75) is 65.7 Å². The van der Waals surface area contributed by atoms with Crippen molar-refractivity contribution in [2.75, 3.05) is 33.9 Å². The maximum absolute atomic E-state index is 5.22. The van der Waals surface area contributed by atoms with Crippen LogP contribution in [0.5, 0.6) is 0 Å². The summed E-state index contributed by atoms with van der Waals surface area (Å²) >= 11 is 0. The number of unbranched alkanes of at least 4 members (excludes halogenated alkanes) is 2. The topological polar surface area (TPSA) is 45.7 Å². The lowest BCUT2D eigenvalue weighted by atomic mass is 9.87. The van der Waals surface area contributed by atoms with Crippen LogP contribution in [0.2, 0.25) is 0 Å². The van der Waals surface area contributed by atoms with E-state index >= 15 is 0 Å². The maximum Gasteiger partial charge on any atom is 0.191 e. The summed E-state index contributed by atoms with van der Waals surface area (Å²) in [5, 5.41) is 7.00. The third-order valence-corrected chi connectivity index (χ3v) is 4.84. The molecule has 0 bridgehead atoms. The average Bonchev–Trinajstić information content (AvgIpc) is 3.26. The SMILES string of the molecule is CCCCCC(C)(C)CNC(=NC)NCC1(CCOC)CC1. The molecule has 0 atom stereocenters. The Kier molecular flexibility index (Phi) is 8.23. The van der Waals surface area contributed by atoms with E-state index in [1.807, 2.05) is 7.05 Å². The van der Waals surface area contributed by atoms with E-state index in [9.17, 15) is 0 Å². The minimum atomic E-state index is 0.320. The Morgan fingerprint density at radius 1 is 1.23 bits per heavy atom. The fourth-order valence-corrected chi connectivity index (χ4v) is 2.77. The third kappa shape index (κ3) is 7.48. The number of guanidine groups is 1. The molecule has 0 aromatic rings. The summed E-state index contributed by atoms with van der Waals surface area (Å²) in [6.45, 7) is 9.77. The highest BCUT2D eigenvalue weighted by molar-refractivity contribution is 5.79. The van der Waals surface area contributed by atoms with E-state index in [0.717, 1.165) is 32.1 Å². The van der Waals surface area contributed by atoms with Gasteiger partial charge in [0.05, 0.1) is 0 Å². The van der Waals surface area contributed by atoms with Crippen molar-refractivity contribution in [3.8, 4) is 0 Å². The van der Waals surface area contributed by atoms with E-state index in [2.05, 4.69) is 36.4 Å². The van der Waals surface area contributed by atoms with Crippen molar-refractivity contribution in [1.82, 2.24) is 10.6 Å². The lowest BCUT2D eigenvalue weighted by molar-refractivity contribution is 0.172. The number of nitrogens with zero attached hydrogens (tertiary/aromatic N) is 1. The van der Waals surface area contributed by atoms with Crippen molar-refractivity contribution in [1.29, 1.82) is 0 Å². The van der Waals surface area contributed by atoms with Gasteiger partial charge in [-0.3, -0.25) is 4.99 Å². The third-order valence-electron chi connectivity index (χ3n) is 4.84. The van der Waals surface area contributed by atoms with Crippen LogP contribution >= 0.6 is 0 Å². The quantitative estimate of drug-likeness (QED) is 0.348. The van der Waals surface area contributed by atoms with Crippen molar-refractivity contribution in [3.05, 3.63) is 0 Å². The van der Waals surface area contributed by atoms with Crippen LogP contribution in [0.15, 0.2) is 4.99 Å². The van der Waals surface area contributed by atoms with Crippen molar-refractivity contribution >= 4 is 5.96 Å². The fraction of sp³-hybridized carbons (Fsp3) is 0.944. The zero-order valence-corrected chi connectivity index (χ0v) is 15.4. The van der Waals surface area contributed by atoms with E-state index in [1.165, 1.54) is 38.5 Å². The van der Waals surface area contributed by atoms with Gasteiger partial charge in [-0.05, 0) is 36.5 Å². The Balaban J connectivity index is 2.27. The molecule has 0 aromatic heterocycles. The van der Waals surface area contributed by atoms with Crippen LogP contribution in [0.4, 0.5) is 0 Å². The monoisotopic (exact) mass is 311 g/mol. The maximum atomic E-state index is 5.22. The van der Waals surface area contributed by atoms with Gasteiger partial charge in [0.2, 0.25) is 0 Å². The van der Waals surface area contributed by atoms with E-state index in [-0.39, 0.29) is 0 Å². The summed E-state index contributed by atoms with van der Waals surface area (Å²) in [5.41, 5.74) is 0.768. The Morgan fingerprint density at radius 2 is 1.95 bits per heavy atom. The smallest absolute Gasteiger partial charge is 0.191 e. The summed E-state index contributed by atoms with van der Waals surface area (Å²) < 4.78 is 5.22. The highest BCUT2D eigenvalue weighted by atomic mass is 16.5. The largest absolute Gasteiger partial charge is 0.385 e. The van der Waals surface area contributed by atoms with Gasteiger partial charge in [-0.2, -0.15) is 0 Å². The second-order valence-corrected chi connectivity index (χ2v) is 7.64. The van der Waals surface area contributed by atoms with Gasteiger partial charge in [-0.25, -0.2) is 0 Å². The zero-order valence-electron chi connectivity index (χ0n) is 15.4. The number of methoxy groups -OCH3 is 1. The Labute approximate surface area is 137 Å². The molecule has 0 heterocycles. The van der Waals surface area contributed by atoms with Gasteiger partial charge in [0.15, 0.2) is 5.96 Å². The minimum absolute atomic E-state index is 0.320. The first-order valence-corrected chi connectivity index (χ1v) is 8.90. The highest BCUT2D eigenvalue weighted by Gasteiger charge is 2.41. The first kappa shape index (κ1) is 19.3. The van der Waals surface area contributed by atoms with Gasteiger partial charge in [-0.15, -0.1) is 0 Å². The predicted octanol–water partition coefficient (Wildman–Crippen LogP) is 3.57. The van der Waals surface area contributed by atoms with Crippen LogP contribution in [0.25, 0.3) is 0 Å². The Bertz CT molecular complexity index is 335. The molecule has 4 nitrogen and oxygen atoms in total. The Morgan fingerprint density at radius 3 is 2.50 bits per heavy atom. The molecule has 22 heavy (non-hydrogen) atoms. The van der Waals surface area contributed by atoms with Crippen LogP contribution in [-0.2, 0) is 4.74 Å². The van der Waals surface area contributed by atoms with Gasteiger partial charge in [0.1, 0.15) is 0 Å². The predicted molar refractivity (Wildman–Crippen MR) is 95.4 cm³/mol. The summed E-state index contributed by atoms with van der Waals surface area (Å²) in [6, 6.07) is 0. The summed E-state index contributed by atoms with van der Waals surface area (Å²) in [5.74, 6) is 0.937. The van der Waals surface area contributed by atoms with Crippen LogP contribution in [0.1, 0.15) is 65.7 Å². The molecule has 0 radical (unpaired) electrons. The number of rotatable bonds is 11. The lowest BCUT2D eigenvalue weighted by Gasteiger charge is -2.26. The number of hydrogen-bond donors (Lipinski definition) is 2. The summed E-state index contributed by atoms with van der Waals surface area (Å²) in [7, 11) is 3.64. The van der Waals surface area contributed by atoms with Gasteiger partial charge in [0.25, 0.3) is 0 Å². The molecule has 4 heteroatoms. The standard InChI is InChI=1S/C18H37N3O/c1-6-7-8-9-17(2,3)14-20-16(19-4)21-15-18(10-11-18)12-13-22-5/h6-15H2,1-5H3,(H2,19,20,21). The van der Waals surface area contributed by atoms with Gasteiger partial charge in [0, 0.05) is 33.9 Å². The molecule has 1 saturated carbocycles.